The van der Waals surface area contributed by atoms with Crippen molar-refractivity contribution in [1.29, 1.82) is 0 Å². The monoisotopic (exact) mass is 519 g/mol. The summed E-state index contributed by atoms with van der Waals surface area (Å²) >= 11 is 0. The number of nitrogens with one attached hydrogen (secondary N) is 1. The van der Waals surface area contributed by atoms with Gasteiger partial charge < -0.3 is 19.9 Å². The van der Waals surface area contributed by atoms with Gasteiger partial charge in [-0.2, -0.15) is 0 Å². The molecular formula is C31H41N3O4. The van der Waals surface area contributed by atoms with Crippen LogP contribution in [0.3, 0.4) is 0 Å². The van der Waals surface area contributed by atoms with E-state index in [9.17, 15) is 14.4 Å². The molecule has 1 N–H and O–H groups in total. The molecule has 1 aliphatic heterocycles. The van der Waals surface area contributed by atoms with Crippen LogP contribution in [0.25, 0.3) is 0 Å². The molecule has 3 rings (SSSR count). The molecule has 0 aromatic heterocycles. The molecule has 0 saturated heterocycles. The van der Waals surface area contributed by atoms with Crippen LogP contribution in [0, 0.1) is 5.92 Å². The Morgan fingerprint density at radius 2 is 1.68 bits per heavy atom. The summed E-state index contributed by atoms with van der Waals surface area (Å²) in [5, 5.41) is 2.98. The Labute approximate surface area is 226 Å². The number of rotatable bonds is 13. The molecular weight excluding hydrogens is 478 g/mol. The van der Waals surface area contributed by atoms with Gasteiger partial charge in [-0.05, 0) is 69.7 Å². The predicted molar refractivity (Wildman–Crippen MR) is 149 cm³/mol. The van der Waals surface area contributed by atoms with Crippen LogP contribution in [0.2, 0.25) is 0 Å². The van der Waals surface area contributed by atoms with E-state index in [-0.39, 0.29) is 30.6 Å². The topological polar surface area (TPSA) is 79.0 Å². The number of benzene rings is 2. The van der Waals surface area contributed by atoms with Crippen molar-refractivity contribution in [2.45, 2.75) is 59.4 Å². The molecule has 1 heterocycles. The van der Waals surface area contributed by atoms with Gasteiger partial charge in [0, 0.05) is 37.3 Å². The van der Waals surface area contributed by atoms with Gasteiger partial charge in [-0.15, -0.1) is 0 Å². The van der Waals surface area contributed by atoms with Gasteiger partial charge in [0.2, 0.25) is 11.8 Å². The molecule has 0 aliphatic carbocycles. The Morgan fingerprint density at radius 1 is 1.00 bits per heavy atom. The fourth-order valence-electron chi connectivity index (χ4n) is 4.87. The third-order valence-electron chi connectivity index (χ3n) is 7.20. The average molecular weight is 520 g/mol. The van der Waals surface area contributed by atoms with Crippen molar-refractivity contribution >= 4 is 17.7 Å². The van der Waals surface area contributed by atoms with Crippen LogP contribution in [-0.2, 0) is 27.3 Å². The maximum atomic E-state index is 13.6. The number of ether oxygens (including phenoxy) is 1. The summed E-state index contributed by atoms with van der Waals surface area (Å²) in [6.07, 6.45) is 3.17. The molecule has 0 fully saturated rings. The lowest BCUT2D eigenvalue weighted by Gasteiger charge is -2.36. The SMILES string of the molecule is CCN(CC)C(=O)C1=C(C)N(Cc2ccc(OC)cc2)C(=O)C(CC(=O)NCCCCc2ccccc2)C1. The number of carbonyl (C=O) groups excluding carboxylic acids is 3. The van der Waals surface area contributed by atoms with Crippen molar-refractivity contribution in [2.24, 2.45) is 5.92 Å². The highest BCUT2D eigenvalue weighted by atomic mass is 16.5. The number of methoxy groups -OCH3 is 1. The zero-order valence-corrected chi connectivity index (χ0v) is 23.2. The Balaban J connectivity index is 1.67. The molecule has 1 atom stereocenters. The third-order valence-corrected chi connectivity index (χ3v) is 7.20. The summed E-state index contributed by atoms with van der Waals surface area (Å²) in [5.74, 6) is -0.168. The highest BCUT2D eigenvalue weighted by Crippen LogP contribution is 2.32. The van der Waals surface area contributed by atoms with Crippen LogP contribution in [0.1, 0.15) is 57.6 Å². The first kappa shape index (κ1) is 29.0. The van der Waals surface area contributed by atoms with Crippen molar-refractivity contribution in [1.82, 2.24) is 15.1 Å². The predicted octanol–water partition coefficient (Wildman–Crippen LogP) is 4.72. The van der Waals surface area contributed by atoms with E-state index in [0.29, 0.717) is 37.4 Å². The van der Waals surface area contributed by atoms with Gasteiger partial charge in [-0.3, -0.25) is 14.4 Å². The number of nitrogens with zero attached hydrogens (tertiary/aromatic N) is 2. The number of likely N-dealkylation sites (N-methyl/N-ethyl adjacent to an activating group) is 1. The summed E-state index contributed by atoms with van der Waals surface area (Å²) in [7, 11) is 1.61. The lowest BCUT2D eigenvalue weighted by Crippen LogP contribution is -2.44. The smallest absolute Gasteiger partial charge is 0.251 e. The Morgan fingerprint density at radius 3 is 2.32 bits per heavy atom. The lowest BCUT2D eigenvalue weighted by molar-refractivity contribution is -0.139. The molecule has 7 nitrogen and oxygen atoms in total. The average Bonchev–Trinajstić information content (AvgIpc) is 2.94. The van der Waals surface area contributed by atoms with E-state index in [0.717, 1.165) is 30.6 Å². The van der Waals surface area contributed by atoms with Crippen molar-refractivity contribution in [2.75, 3.05) is 26.7 Å². The van der Waals surface area contributed by atoms with E-state index < -0.39 is 5.92 Å². The van der Waals surface area contributed by atoms with E-state index in [2.05, 4.69) is 17.4 Å². The van der Waals surface area contributed by atoms with Gasteiger partial charge in [0.15, 0.2) is 0 Å². The first-order chi connectivity index (χ1) is 18.4. The summed E-state index contributed by atoms with van der Waals surface area (Å²) in [4.78, 5) is 43.2. The fourth-order valence-corrected chi connectivity index (χ4v) is 4.87. The quantitative estimate of drug-likeness (QED) is 0.389. The molecule has 0 saturated carbocycles. The van der Waals surface area contributed by atoms with Crippen LogP contribution >= 0.6 is 0 Å². The van der Waals surface area contributed by atoms with Crippen LogP contribution in [0.4, 0.5) is 0 Å². The number of allylic oxidation sites excluding steroid dienone is 1. The summed E-state index contributed by atoms with van der Waals surface area (Å²) in [5.41, 5.74) is 3.50. The van der Waals surface area contributed by atoms with Crippen molar-refractivity contribution in [3.8, 4) is 5.75 Å². The molecule has 0 radical (unpaired) electrons. The van der Waals surface area contributed by atoms with E-state index in [1.165, 1.54) is 5.56 Å². The largest absolute Gasteiger partial charge is 0.497 e. The third kappa shape index (κ3) is 7.70. The van der Waals surface area contributed by atoms with Crippen LogP contribution in [-0.4, -0.2) is 54.3 Å². The molecule has 0 spiro atoms. The zero-order valence-electron chi connectivity index (χ0n) is 23.2. The molecule has 1 aliphatic rings. The van der Waals surface area contributed by atoms with Gasteiger partial charge in [-0.25, -0.2) is 0 Å². The van der Waals surface area contributed by atoms with E-state index in [4.69, 9.17) is 4.74 Å². The number of unbranched alkanes of at least 4 members (excludes halogenated alkanes) is 1. The number of aryl methyl sites for hydroxylation is 1. The van der Waals surface area contributed by atoms with Gasteiger partial charge in [0.05, 0.1) is 19.6 Å². The Hall–Kier alpha value is -3.61. The summed E-state index contributed by atoms with van der Waals surface area (Å²) < 4.78 is 5.25. The first-order valence-electron chi connectivity index (χ1n) is 13.6. The molecule has 7 heteroatoms. The normalized spacial score (nSPS) is 15.4. The second-order valence-electron chi connectivity index (χ2n) is 9.71. The number of carbonyl (C=O) groups is 3. The van der Waals surface area contributed by atoms with Crippen molar-refractivity contribution in [3.05, 3.63) is 77.0 Å². The van der Waals surface area contributed by atoms with Crippen LogP contribution in [0.15, 0.2) is 65.9 Å². The lowest BCUT2D eigenvalue weighted by atomic mass is 9.88. The maximum absolute atomic E-state index is 13.6. The van der Waals surface area contributed by atoms with E-state index >= 15 is 0 Å². The first-order valence-corrected chi connectivity index (χ1v) is 13.6. The fraction of sp³-hybridized carbons (Fsp3) is 0.452. The minimum atomic E-state index is -0.573. The molecule has 2 aromatic rings. The number of hydrogen-bond acceptors (Lipinski definition) is 4. The van der Waals surface area contributed by atoms with Crippen LogP contribution in [0.5, 0.6) is 5.75 Å². The van der Waals surface area contributed by atoms with Crippen LogP contribution < -0.4 is 10.1 Å². The molecule has 1 unspecified atom stereocenters. The summed E-state index contributed by atoms with van der Waals surface area (Å²) in [6, 6.07) is 17.8. The molecule has 0 bridgehead atoms. The van der Waals surface area contributed by atoms with Gasteiger partial charge in [0.25, 0.3) is 5.91 Å². The Bertz CT molecular complexity index is 1110. The standard InChI is InChI=1S/C31H41N3O4/c1-5-33(6-2)31(37)28-20-26(21-29(35)32-19-11-10-14-24-12-8-7-9-13-24)30(36)34(23(28)3)22-25-15-17-27(38-4)18-16-25/h7-9,12-13,15-18,26H,5-6,10-11,14,19-22H2,1-4H3,(H,32,35). The Kier molecular flexibility index (Phi) is 10.9. The molecule has 204 valence electrons. The molecule has 3 amide bonds. The maximum Gasteiger partial charge on any atom is 0.251 e. The number of hydrogen-bond donors (Lipinski definition) is 1. The molecule has 38 heavy (non-hydrogen) atoms. The minimum Gasteiger partial charge on any atom is -0.497 e. The second-order valence-corrected chi connectivity index (χ2v) is 9.71. The highest BCUT2D eigenvalue weighted by molar-refractivity contribution is 5.98. The van der Waals surface area contributed by atoms with Gasteiger partial charge in [-0.1, -0.05) is 42.5 Å². The van der Waals surface area contributed by atoms with Crippen molar-refractivity contribution < 1.29 is 19.1 Å². The second kappa shape index (κ2) is 14.4. The van der Waals surface area contributed by atoms with Gasteiger partial charge >= 0.3 is 0 Å². The van der Waals surface area contributed by atoms with E-state index in [1.807, 2.05) is 63.2 Å². The van der Waals surface area contributed by atoms with Gasteiger partial charge in [0.1, 0.15) is 5.75 Å². The van der Waals surface area contributed by atoms with E-state index in [1.54, 1.807) is 16.9 Å². The number of amides is 3. The summed E-state index contributed by atoms with van der Waals surface area (Å²) in [6.45, 7) is 7.82. The zero-order chi connectivity index (χ0) is 27.5. The van der Waals surface area contributed by atoms with Crippen molar-refractivity contribution in [3.63, 3.8) is 0 Å². The molecule has 2 aromatic carbocycles. The minimum absolute atomic E-state index is 0.0638. The highest BCUT2D eigenvalue weighted by Gasteiger charge is 2.37.